The Kier molecular flexibility index (Phi) is 9.50. The molecular weight excluding hydrogens is 565 g/mol. The minimum absolute atomic E-state index is 0.0112. The lowest BCUT2D eigenvalue weighted by molar-refractivity contribution is 0.0902. The number of benzene rings is 3. The van der Waals surface area contributed by atoms with Crippen LogP contribution in [0.1, 0.15) is 57.5 Å². The summed E-state index contributed by atoms with van der Waals surface area (Å²) in [4.78, 5) is 34.9. The van der Waals surface area contributed by atoms with E-state index in [-0.39, 0.29) is 29.5 Å². The third-order valence-electron chi connectivity index (χ3n) is 8.93. The molecule has 1 aromatic heterocycles. The Bertz CT molecular complexity index is 1590. The first kappa shape index (κ1) is 30.5. The minimum Gasteiger partial charge on any atom is -0.356 e. The Morgan fingerprint density at radius 3 is 2.11 bits per heavy atom. The van der Waals surface area contributed by atoms with Crippen LogP contribution in [0.3, 0.4) is 0 Å². The zero-order valence-corrected chi connectivity index (χ0v) is 25.7. The molecule has 0 atom stereocenters. The van der Waals surface area contributed by atoms with Crippen LogP contribution in [-0.4, -0.2) is 60.0 Å². The maximum atomic E-state index is 15.3. The third kappa shape index (κ3) is 7.57. The Labute approximate surface area is 264 Å². The van der Waals surface area contributed by atoms with Crippen LogP contribution in [0, 0.1) is 12.7 Å². The number of anilines is 1. The summed E-state index contributed by atoms with van der Waals surface area (Å²) in [5, 5.41) is 6.23. The molecule has 232 valence electrons. The molecule has 0 spiro atoms. The first-order chi connectivity index (χ1) is 21.9. The van der Waals surface area contributed by atoms with Gasteiger partial charge in [0.15, 0.2) is 0 Å². The zero-order chi connectivity index (χ0) is 31.2. The Hall–Kier alpha value is -4.56. The van der Waals surface area contributed by atoms with E-state index in [1.54, 1.807) is 18.2 Å². The van der Waals surface area contributed by atoms with Crippen LogP contribution < -0.4 is 15.5 Å². The van der Waals surface area contributed by atoms with Crippen molar-refractivity contribution in [1.29, 1.82) is 0 Å². The number of rotatable bonds is 8. The smallest absolute Gasteiger partial charge is 0.254 e. The van der Waals surface area contributed by atoms with Gasteiger partial charge in [0.1, 0.15) is 11.6 Å². The maximum Gasteiger partial charge on any atom is 0.254 e. The number of likely N-dealkylation sites (tertiary alicyclic amines) is 1. The van der Waals surface area contributed by atoms with E-state index < -0.39 is 5.82 Å². The standard InChI is InChI=1S/C37H40FN5O2/c1-26-10-13-28(14-11-26)32-8-5-9-33(35(32)38)37(45)41-30-16-20-42(21-17-30)25-27-12-15-34(39-24-27)43-22-18-31(19-23-43)40-36(44)29-6-3-2-4-7-29/h2-15,24,30-31H,16-23,25H2,1H3,(H,40,44)(H,41,45). The van der Waals surface area contributed by atoms with Gasteiger partial charge in [0.05, 0.1) is 5.56 Å². The van der Waals surface area contributed by atoms with Gasteiger partial charge in [0, 0.05) is 62.1 Å². The Morgan fingerprint density at radius 2 is 1.44 bits per heavy atom. The fraction of sp³-hybridized carbons (Fsp3) is 0.324. The number of hydrogen-bond donors (Lipinski definition) is 2. The first-order valence-corrected chi connectivity index (χ1v) is 15.9. The summed E-state index contributed by atoms with van der Waals surface area (Å²) in [5.41, 5.74) is 4.24. The number of halogens is 1. The number of nitrogens with one attached hydrogen (secondary N) is 2. The molecule has 0 bridgehead atoms. The van der Waals surface area contributed by atoms with Crippen molar-refractivity contribution in [1.82, 2.24) is 20.5 Å². The van der Waals surface area contributed by atoms with Crippen molar-refractivity contribution >= 4 is 17.6 Å². The monoisotopic (exact) mass is 605 g/mol. The van der Waals surface area contributed by atoms with Crippen LogP contribution in [0.25, 0.3) is 11.1 Å². The number of piperidine rings is 2. The predicted molar refractivity (Wildman–Crippen MR) is 176 cm³/mol. The molecule has 0 aliphatic carbocycles. The number of carbonyl (C=O) groups excluding carboxylic acids is 2. The van der Waals surface area contributed by atoms with Crippen molar-refractivity contribution in [2.75, 3.05) is 31.1 Å². The lowest BCUT2D eigenvalue weighted by Crippen LogP contribution is -2.45. The van der Waals surface area contributed by atoms with Gasteiger partial charge in [-0.25, -0.2) is 9.37 Å². The summed E-state index contributed by atoms with van der Waals surface area (Å²) in [6.07, 6.45) is 5.35. The molecule has 4 aromatic rings. The molecule has 0 unspecified atom stereocenters. The summed E-state index contributed by atoms with van der Waals surface area (Å²) >= 11 is 0. The van der Waals surface area contributed by atoms with Gasteiger partial charge in [0.2, 0.25) is 0 Å². The normalized spacial score (nSPS) is 16.4. The maximum absolute atomic E-state index is 15.3. The zero-order valence-electron chi connectivity index (χ0n) is 25.7. The molecule has 0 radical (unpaired) electrons. The highest BCUT2D eigenvalue weighted by atomic mass is 19.1. The van der Waals surface area contributed by atoms with Crippen molar-refractivity contribution in [3.63, 3.8) is 0 Å². The van der Waals surface area contributed by atoms with Crippen molar-refractivity contribution in [2.24, 2.45) is 0 Å². The molecule has 7 nitrogen and oxygen atoms in total. The summed E-state index contributed by atoms with van der Waals surface area (Å²) in [6.45, 7) is 6.19. The largest absolute Gasteiger partial charge is 0.356 e. The molecule has 8 heteroatoms. The number of aromatic nitrogens is 1. The summed E-state index contributed by atoms with van der Waals surface area (Å²) < 4.78 is 15.3. The number of pyridine rings is 1. The molecule has 2 aliphatic rings. The van der Waals surface area contributed by atoms with Gasteiger partial charge in [-0.15, -0.1) is 0 Å². The summed E-state index contributed by atoms with van der Waals surface area (Å²) in [5.74, 6) is 0.112. The molecule has 0 saturated carbocycles. The molecule has 2 N–H and O–H groups in total. The molecular formula is C37H40FN5O2. The fourth-order valence-electron chi connectivity index (χ4n) is 6.23. The molecule has 3 heterocycles. The highest BCUT2D eigenvalue weighted by molar-refractivity contribution is 5.96. The molecule has 2 saturated heterocycles. The summed E-state index contributed by atoms with van der Waals surface area (Å²) in [7, 11) is 0. The Morgan fingerprint density at radius 1 is 0.778 bits per heavy atom. The van der Waals surface area contributed by atoms with Crippen LogP contribution in [0.4, 0.5) is 10.2 Å². The van der Waals surface area contributed by atoms with Crippen LogP contribution in [-0.2, 0) is 6.54 Å². The first-order valence-electron chi connectivity index (χ1n) is 15.9. The highest BCUT2D eigenvalue weighted by Crippen LogP contribution is 2.26. The van der Waals surface area contributed by atoms with Crippen LogP contribution >= 0.6 is 0 Å². The van der Waals surface area contributed by atoms with Crippen LogP contribution in [0.5, 0.6) is 0 Å². The molecule has 6 rings (SSSR count). The van der Waals surface area contributed by atoms with E-state index in [0.717, 1.165) is 80.9 Å². The van der Waals surface area contributed by atoms with Crippen molar-refractivity contribution in [3.8, 4) is 11.1 Å². The minimum atomic E-state index is -0.480. The molecule has 45 heavy (non-hydrogen) atoms. The Balaban J connectivity index is 0.948. The second-order valence-electron chi connectivity index (χ2n) is 12.2. The second-order valence-corrected chi connectivity index (χ2v) is 12.2. The van der Waals surface area contributed by atoms with Gasteiger partial charge in [-0.3, -0.25) is 14.5 Å². The van der Waals surface area contributed by atoms with Gasteiger partial charge < -0.3 is 15.5 Å². The number of aryl methyl sites for hydroxylation is 1. The van der Waals surface area contributed by atoms with E-state index in [0.29, 0.717) is 11.1 Å². The van der Waals surface area contributed by atoms with Gasteiger partial charge in [-0.1, -0.05) is 66.2 Å². The van der Waals surface area contributed by atoms with Gasteiger partial charge >= 0.3 is 0 Å². The number of amides is 2. The van der Waals surface area contributed by atoms with E-state index in [9.17, 15) is 9.59 Å². The molecule has 2 amide bonds. The lowest BCUT2D eigenvalue weighted by Gasteiger charge is -2.34. The number of hydrogen-bond acceptors (Lipinski definition) is 5. The van der Waals surface area contributed by atoms with Crippen LogP contribution in [0.2, 0.25) is 0 Å². The van der Waals surface area contributed by atoms with Crippen molar-refractivity contribution in [2.45, 2.75) is 51.2 Å². The molecule has 2 aliphatic heterocycles. The average molecular weight is 606 g/mol. The van der Waals surface area contributed by atoms with Crippen molar-refractivity contribution in [3.05, 3.63) is 119 Å². The van der Waals surface area contributed by atoms with E-state index in [4.69, 9.17) is 4.98 Å². The molecule has 3 aromatic carbocycles. The summed E-state index contributed by atoms with van der Waals surface area (Å²) in [6, 6.07) is 26.4. The van der Waals surface area contributed by atoms with E-state index in [1.165, 1.54) is 0 Å². The predicted octanol–water partition coefficient (Wildman–Crippen LogP) is 5.99. The molecule has 2 fully saturated rings. The van der Waals surface area contributed by atoms with E-state index in [2.05, 4.69) is 32.6 Å². The number of nitrogens with zero attached hydrogens (tertiary/aromatic N) is 3. The van der Waals surface area contributed by atoms with Gasteiger partial charge in [-0.05, 0) is 68.0 Å². The second kappa shape index (κ2) is 14.0. The van der Waals surface area contributed by atoms with E-state index in [1.807, 2.05) is 67.7 Å². The average Bonchev–Trinajstić information content (AvgIpc) is 3.07. The lowest BCUT2D eigenvalue weighted by atomic mass is 9.99. The third-order valence-corrected chi connectivity index (χ3v) is 8.93. The van der Waals surface area contributed by atoms with Crippen molar-refractivity contribution < 1.29 is 14.0 Å². The quantitative estimate of drug-likeness (QED) is 0.258. The highest BCUT2D eigenvalue weighted by Gasteiger charge is 2.25. The topological polar surface area (TPSA) is 77.6 Å². The van der Waals surface area contributed by atoms with Crippen LogP contribution in [0.15, 0.2) is 91.1 Å². The fourth-order valence-corrected chi connectivity index (χ4v) is 6.23. The SMILES string of the molecule is Cc1ccc(-c2cccc(C(=O)NC3CCN(Cc4ccc(N5CCC(NC(=O)c6ccccc6)CC5)nc4)CC3)c2F)cc1. The van der Waals surface area contributed by atoms with Gasteiger partial charge in [-0.2, -0.15) is 0 Å². The van der Waals surface area contributed by atoms with Gasteiger partial charge in [0.25, 0.3) is 11.8 Å². The number of carbonyl (C=O) groups is 2. The van der Waals surface area contributed by atoms with E-state index >= 15 is 4.39 Å².